The lowest BCUT2D eigenvalue weighted by atomic mass is 10.1. The Balaban J connectivity index is 1.58. The van der Waals surface area contributed by atoms with Crippen LogP contribution in [0.25, 0.3) is 11.0 Å². The van der Waals surface area contributed by atoms with Crippen molar-refractivity contribution in [1.29, 1.82) is 0 Å². The number of nitrogens with zero attached hydrogens (tertiary/aromatic N) is 5. The lowest BCUT2D eigenvalue weighted by Gasteiger charge is -2.27. The third-order valence-electron chi connectivity index (χ3n) is 4.80. The fourth-order valence-electron chi connectivity index (χ4n) is 3.32. The van der Waals surface area contributed by atoms with Gasteiger partial charge in [0.2, 0.25) is 0 Å². The molecular weight excluding hydrogens is 298 g/mol. The molecule has 0 aliphatic carbocycles. The van der Waals surface area contributed by atoms with Crippen LogP contribution in [0, 0.1) is 0 Å². The Morgan fingerprint density at radius 1 is 1.17 bits per heavy atom. The quantitative estimate of drug-likeness (QED) is 0.744. The van der Waals surface area contributed by atoms with Crippen LogP contribution in [-0.4, -0.2) is 31.0 Å². The van der Waals surface area contributed by atoms with E-state index in [1.165, 1.54) is 16.8 Å². The standard InChI is InChI=1S/C19H23N5/c1-13(2)19-20-10-14-8-9-24(11-16(14)22-19)12-18-21-15-6-4-5-7-17(15)23(18)3/h4-7,10,13H,8-9,11-12H2,1-3H3. The number of imidazole rings is 1. The molecule has 124 valence electrons. The zero-order chi connectivity index (χ0) is 16.7. The van der Waals surface area contributed by atoms with Gasteiger partial charge < -0.3 is 4.57 Å². The number of hydrogen-bond acceptors (Lipinski definition) is 4. The first-order valence-electron chi connectivity index (χ1n) is 8.59. The summed E-state index contributed by atoms with van der Waals surface area (Å²) in [4.78, 5) is 16.5. The van der Waals surface area contributed by atoms with E-state index in [2.05, 4.69) is 53.5 Å². The molecule has 3 aromatic rings. The Labute approximate surface area is 142 Å². The molecule has 0 fully saturated rings. The zero-order valence-corrected chi connectivity index (χ0v) is 14.5. The lowest BCUT2D eigenvalue weighted by molar-refractivity contribution is 0.233. The summed E-state index contributed by atoms with van der Waals surface area (Å²) in [7, 11) is 2.10. The van der Waals surface area contributed by atoms with E-state index >= 15 is 0 Å². The molecule has 24 heavy (non-hydrogen) atoms. The summed E-state index contributed by atoms with van der Waals surface area (Å²) in [5.41, 5.74) is 4.73. The summed E-state index contributed by atoms with van der Waals surface area (Å²) in [6, 6.07) is 8.31. The highest BCUT2D eigenvalue weighted by atomic mass is 15.2. The minimum atomic E-state index is 0.366. The molecule has 0 unspecified atom stereocenters. The highest BCUT2D eigenvalue weighted by molar-refractivity contribution is 5.75. The molecule has 1 aliphatic heterocycles. The second-order valence-corrected chi connectivity index (χ2v) is 6.89. The number of aryl methyl sites for hydroxylation is 1. The van der Waals surface area contributed by atoms with Crippen molar-refractivity contribution in [2.45, 2.75) is 39.3 Å². The van der Waals surface area contributed by atoms with E-state index in [1.807, 2.05) is 12.3 Å². The summed E-state index contributed by atoms with van der Waals surface area (Å²) in [5, 5.41) is 0. The molecule has 0 saturated carbocycles. The fourth-order valence-corrected chi connectivity index (χ4v) is 3.32. The van der Waals surface area contributed by atoms with E-state index < -0.39 is 0 Å². The SMILES string of the molecule is CC(C)c1ncc2c(n1)CN(Cc1nc3ccccc3n1C)CC2. The molecule has 0 bridgehead atoms. The average molecular weight is 321 g/mol. The van der Waals surface area contributed by atoms with Gasteiger partial charge in [0.25, 0.3) is 0 Å². The Morgan fingerprint density at radius 2 is 2.00 bits per heavy atom. The topological polar surface area (TPSA) is 46.8 Å². The number of benzene rings is 1. The Bertz CT molecular complexity index is 881. The van der Waals surface area contributed by atoms with E-state index in [0.29, 0.717) is 5.92 Å². The first-order valence-corrected chi connectivity index (χ1v) is 8.59. The summed E-state index contributed by atoms with van der Waals surface area (Å²) in [6.45, 7) is 7.04. The number of rotatable bonds is 3. The normalized spacial score (nSPS) is 15.2. The van der Waals surface area contributed by atoms with E-state index in [-0.39, 0.29) is 0 Å². The van der Waals surface area contributed by atoms with Gasteiger partial charge in [0.1, 0.15) is 11.6 Å². The maximum Gasteiger partial charge on any atom is 0.131 e. The fraction of sp³-hybridized carbons (Fsp3) is 0.421. The largest absolute Gasteiger partial charge is 0.330 e. The third kappa shape index (κ3) is 2.69. The van der Waals surface area contributed by atoms with Crippen LogP contribution in [0.1, 0.15) is 42.7 Å². The maximum absolute atomic E-state index is 4.80. The van der Waals surface area contributed by atoms with Crippen molar-refractivity contribution >= 4 is 11.0 Å². The van der Waals surface area contributed by atoms with Crippen LogP contribution in [0.4, 0.5) is 0 Å². The molecule has 1 aliphatic rings. The molecule has 0 saturated heterocycles. The molecule has 0 N–H and O–H groups in total. The molecule has 5 nitrogen and oxygen atoms in total. The molecule has 1 aromatic carbocycles. The first kappa shape index (κ1) is 15.3. The van der Waals surface area contributed by atoms with Crippen LogP contribution in [0.15, 0.2) is 30.5 Å². The number of hydrogen-bond donors (Lipinski definition) is 0. The van der Waals surface area contributed by atoms with Gasteiger partial charge in [0.15, 0.2) is 0 Å². The Morgan fingerprint density at radius 3 is 2.79 bits per heavy atom. The van der Waals surface area contributed by atoms with Crippen molar-refractivity contribution in [2.24, 2.45) is 7.05 Å². The van der Waals surface area contributed by atoms with Crippen LogP contribution in [0.3, 0.4) is 0 Å². The molecule has 3 heterocycles. The van der Waals surface area contributed by atoms with Crippen molar-refractivity contribution in [3.8, 4) is 0 Å². The molecule has 0 amide bonds. The zero-order valence-electron chi connectivity index (χ0n) is 14.5. The van der Waals surface area contributed by atoms with Crippen LogP contribution >= 0.6 is 0 Å². The highest BCUT2D eigenvalue weighted by Gasteiger charge is 2.21. The predicted octanol–water partition coefficient (Wildman–Crippen LogP) is 3.05. The average Bonchev–Trinajstić information content (AvgIpc) is 2.90. The summed E-state index contributed by atoms with van der Waals surface area (Å²) in [5.74, 6) is 2.42. The van der Waals surface area contributed by atoms with Crippen molar-refractivity contribution in [1.82, 2.24) is 24.4 Å². The summed E-state index contributed by atoms with van der Waals surface area (Å²) < 4.78 is 2.20. The second kappa shape index (κ2) is 5.98. The predicted molar refractivity (Wildman–Crippen MR) is 94.7 cm³/mol. The number of fused-ring (bicyclic) bond motifs is 2. The number of para-hydroxylation sites is 2. The maximum atomic E-state index is 4.80. The van der Waals surface area contributed by atoms with E-state index in [1.54, 1.807) is 0 Å². The Kier molecular flexibility index (Phi) is 3.81. The van der Waals surface area contributed by atoms with Crippen LogP contribution in [-0.2, 0) is 26.6 Å². The molecule has 0 atom stereocenters. The van der Waals surface area contributed by atoms with Crippen LogP contribution < -0.4 is 0 Å². The van der Waals surface area contributed by atoms with Gasteiger partial charge in [-0.15, -0.1) is 0 Å². The summed E-state index contributed by atoms with van der Waals surface area (Å²) >= 11 is 0. The first-order chi connectivity index (χ1) is 11.6. The monoisotopic (exact) mass is 321 g/mol. The van der Waals surface area contributed by atoms with E-state index in [9.17, 15) is 0 Å². The molecular formula is C19H23N5. The van der Waals surface area contributed by atoms with Crippen molar-refractivity contribution in [3.63, 3.8) is 0 Å². The minimum Gasteiger partial charge on any atom is -0.330 e. The summed E-state index contributed by atoms with van der Waals surface area (Å²) in [6.07, 6.45) is 3.03. The van der Waals surface area contributed by atoms with Gasteiger partial charge in [-0.25, -0.2) is 15.0 Å². The second-order valence-electron chi connectivity index (χ2n) is 6.89. The van der Waals surface area contributed by atoms with E-state index in [4.69, 9.17) is 9.97 Å². The van der Waals surface area contributed by atoms with Crippen molar-refractivity contribution in [2.75, 3.05) is 6.54 Å². The van der Waals surface area contributed by atoms with Gasteiger partial charge in [-0.05, 0) is 24.1 Å². The minimum absolute atomic E-state index is 0.366. The lowest BCUT2D eigenvalue weighted by Crippen LogP contribution is -2.32. The highest BCUT2D eigenvalue weighted by Crippen LogP contribution is 2.21. The molecule has 4 rings (SSSR count). The van der Waals surface area contributed by atoms with Gasteiger partial charge in [0, 0.05) is 32.3 Å². The van der Waals surface area contributed by atoms with Crippen molar-refractivity contribution < 1.29 is 0 Å². The van der Waals surface area contributed by atoms with Gasteiger partial charge in [0.05, 0.1) is 23.3 Å². The van der Waals surface area contributed by atoms with Gasteiger partial charge >= 0.3 is 0 Å². The molecule has 0 spiro atoms. The smallest absolute Gasteiger partial charge is 0.131 e. The van der Waals surface area contributed by atoms with Gasteiger partial charge in [-0.1, -0.05) is 26.0 Å². The Hall–Kier alpha value is -2.27. The van der Waals surface area contributed by atoms with Gasteiger partial charge in [-0.2, -0.15) is 0 Å². The van der Waals surface area contributed by atoms with Crippen LogP contribution in [0.5, 0.6) is 0 Å². The third-order valence-corrected chi connectivity index (χ3v) is 4.80. The molecule has 5 heteroatoms. The van der Waals surface area contributed by atoms with Gasteiger partial charge in [-0.3, -0.25) is 4.90 Å². The van der Waals surface area contributed by atoms with Crippen LogP contribution in [0.2, 0.25) is 0 Å². The van der Waals surface area contributed by atoms with E-state index in [0.717, 1.165) is 43.2 Å². The molecule has 0 radical (unpaired) electrons. The van der Waals surface area contributed by atoms with Crippen molar-refractivity contribution in [3.05, 3.63) is 53.4 Å². The number of aromatic nitrogens is 4. The molecule has 2 aromatic heterocycles.